The van der Waals surface area contributed by atoms with Crippen molar-refractivity contribution in [3.05, 3.63) is 41.2 Å². The molecule has 1 unspecified atom stereocenters. The van der Waals surface area contributed by atoms with Crippen molar-refractivity contribution in [1.29, 1.82) is 0 Å². The van der Waals surface area contributed by atoms with Crippen LogP contribution in [0.5, 0.6) is 0 Å². The Kier molecular flexibility index (Phi) is 4.50. The Hall–Kier alpha value is -1.57. The van der Waals surface area contributed by atoms with E-state index >= 15 is 0 Å². The monoisotopic (exact) mass is 345 g/mol. The summed E-state index contributed by atoms with van der Waals surface area (Å²) in [6, 6.07) is 4.22. The molecule has 0 spiro atoms. The van der Waals surface area contributed by atoms with Crippen LogP contribution in [0, 0.1) is 5.92 Å². The first-order valence-electron chi connectivity index (χ1n) is 7.90. The van der Waals surface area contributed by atoms with E-state index in [0.717, 1.165) is 24.6 Å². The minimum absolute atomic E-state index is 0.654. The molecular formula is C16H19N5S2. The van der Waals surface area contributed by atoms with Crippen LogP contribution < -0.4 is 0 Å². The lowest BCUT2D eigenvalue weighted by molar-refractivity contribution is 0.152. The summed E-state index contributed by atoms with van der Waals surface area (Å²) in [6.07, 6.45) is 5.95. The lowest BCUT2D eigenvalue weighted by atomic mass is 9.98. The molecule has 0 radical (unpaired) electrons. The summed E-state index contributed by atoms with van der Waals surface area (Å²) in [7, 11) is 0. The molecule has 1 aliphatic rings. The van der Waals surface area contributed by atoms with Gasteiger partial charge in [0.15, 0.2) is 0 Å². The molecule has 3 aromatic heterocycles. The smallest absolute Gasteiger partial charge is 0.137 e. The third-order valence-corrected chi connectivity index (χ3v) is 6.11. The van der Waals surface area contributed by atoms with Crippen molar-refractivity contribution in [2.75, 3.05) is 13.1 Å². The Morgan fingerprint density at radius 2 is 2.30 bits per heavy atom. The van der Waals surface area contributed by atoms with E-state index in [4.69, 9.17) is 4.98 Å². The molecule has 0 N–H and O–H groups in total. The van der Waals surface area contributed by atoms with Crippen LogP contribution in [0.2, 0.25) is 0 Å². The zero-order valence-corrected chi connectivity index (χ0v) is 14.5. The van der Waals surface area contributed by atoms with Gasteiger partial charge in [-0.05, 0) is 36.8 Å². The first kappa shape index (κ1) is 15.0. The van der Waals surface area contributed by atoms with E-state index in [-0.39, 0.29) is 0 Å². The highest BCUT2D eigenvalue weighted by molar-refractivity contribution is 7.20. The average molecular weight is 345 g/mol. The summed E-state index contributed by atoms with van der Waals surface area (Å²) < 4.78 is 1.95. The number of nitrogens with zero attached hydrogens (tertiary/aromatic N) is 5. The summed E-state index contributed by atoms with van der Waals surface area (Å²) in [4.78, 5) is 12.6. The molecule has 1 saturated heterocycles. The highest BCUT2D eigenvalue weighted by atomic mass is 32.1. The molecule has 1 aliphatic heterocycles. The molecule has 4 rings (SSSR count). The molecule has 0 aromatic carbocycles. The number of piperidine rings is 1. The lowest BCUT2D eigenvalue weighted by Gasteiger charge is -2.32. The van der Waals surface area contributed by atoms with E-state index in [1.54, 1.807) is 29.0 Å². The van der Waals surface area contributed by atoms with Gasteiger partial charge in [0.05, 0.1) is 10.6 Å². The van der Waals surface area contributed by atoms with Crippen molar-refractivity contribution in [2.24, 2.45) is 5.92 Å². The summed E-state index contributed by atoms with van der Waals surface area (Å²) >= 11 is 3.51. The minimum atomic E-state index is 0.654. The van der Waals surface area contributed by atoms with E-state index in [1.165, 1.54) is 30.0 Å². The van der Waals surface area contributed by atoms with Crippen LogP contribution in [0.15, 0.2) is 35.5 Å². The molecule has 0 aliphatic carbocycles. The first-order valence-corrected chi connectivity index (χ1v) is 9.66. The number of rotatable bonds is 5. The van der Waals surface area contributed by atoms with Crippen molar-refractivity contribution < 1.29 is 0 Å². The first-order chi connectivity index (χ1) is 11.4. The van der Waals surface area contributed by atoms with Crippen molar-refractivity contribution >= 4 is 22.7 Å². The maximum Gasteiger partial charge on any atom is 0.137 e. The maximum absolute atomic E-state index is 4.81. The van der Waals surface area contributed by atoms with Gasteiger partial charge in [0.25, 0.3) is 0 Å². The summed E-state index contributed by atoms with van der Waals surface area (Å²) in [6.45, 7) is 4.20. The van der Waals surface area contributed by atoms with Crippen molar-refractivity contribution in [3.8, 4) is 9.88 Å². The fraction of sp³-hybridized carbons (Fsp3) is 0.438. The Balaban J connectivity index is 1.37. The van der Waals surface area contributed by atoms with E-state index in [2.05, 4.69) is 37.9 Å². The summed E-state index contributed by atoms with van der Waals surface area (Å²) in [5.74, 6) is 0.654. The Morgan fingerprint density at radius 3 is 3.13 bits per heavy atom. The average Bonchev–Trinajstić information content (AvgIpc) is 3.30. The summed E-state index contributed by atoms with van der Waals surface area (Å²) in [5.41, 5.74) is 1.19. The number of thiophene rings is 1. The second kappa shape index (κ2) is 6.90. The molecule has 1 atom stereocenters. The number of hydrogen-bond acceptors (Lipinski definition) is 6. The standard InChI is InChI=1S/C16H19N5S2/c1-3-13(8-21-12-17-11-18-21)7-20(5-1)9-14-10-23-16(19-14)15-4-2-6-22-15/h2,4,6,10-13H,1,3,5,7-9H2. The molecular weight excluding hydrogens is 326 g/mol. The fourth-order valence-electron chi connectivity index (χ4n) is 3.16. The zero-order chi connectivity index (χ0) is 15.5. The predicted molar refractivity (Wildman–Crippen MR) is 93.5 cm³/mol. The topological polar surface area (TPSA) is 46.8 Å². The third kappa shape index (κ3) is 3.68. The molecule has 0 bridgehead atoms. The van der Waals surface area contributed by atoms with Crippen LogP contribution in [-0.2, 0) is 13.1 Å². The Bertz CT molecular complexity index is 720. The Morgan fingerprint density at radius 1 is 1.30 bits per heavy atom. The Labute approximate surface area is 143 Å². The van der Waals surface area contributed by atoms with Gasteiger partial charge in [0, 0.05) is 25.0 Å². The van der Waals surface area contributed by atoms with Gasteiger partial charge in [-0.15, -0.1) is 22.7 Å². The number of hydrogen-bond donors (Lipinski definition) is 0. The van der Waals surface area contributed by atoms with Crippen LogP contribution in [0.3, 0.4) is 0 Å². The third-order valence-electron chi connectivity index (χ3n) is 4.18. The van der Waals surface area contributed by atoms with Crippen LogP contribution in [0.4, 0.5) is 0 Å². The van der Waals surface area contributed by atoms with Gasteiger partial charge in [-0.1, -0.05) is 6.07 Å². The predicted octanol–water partition coefficient (Wildman–Crippen LogP) is 3.38. The number of aromatic nitrogens is 4. The number of thiazole rings is 1. The van der Waals surface area contributed by atoms with Gasteiger partial charge in [0.1, 0.15) is 17.7 Å². The van der Waals surface area contributed by atoms with Crippen LogP contribution in [-0.4, -0.2) is 37.7 Å². The van der Waals surface area contributed by atoms with Gasteiger partial charge < -0.3 is 0 Å². The highest BCUT2D eigenvalue weighted by Crippen LogP contribution is 2.28. The molecule has 0 saturated carbocycles. The van der Waals surface area contributed by atoms with E-state index in [1.807, 2.05) is 11.0 Å². The fourth-order valence-corrected chi connectivity index (χ4v) is 4.78. The van der Waals surface area contributed by atoms with Crippen molar-refractivity contribution in [1.82, 2.24) is 24.6 Å². The van der Waals surface area contributed by atoms with Gasteiger partial charge in [-0.2, -0.15) is 5.10 Å². The molecule has 120 valence electrons. The van der Waals surface area contributed by atoms with Crippen molar-refractivity contribution in [3.63, 3.8) is 0 Å². The van der Waals surface area contributed by atoms with Gasteiger partial charge in [-0.25, -0.2) is 9.97 Å². The highest BCUT2D eigenvalue weighted by Gasteiger charge is 2.21. The maximum atomic E-state index is 4.81. The van der Waals surface area contributed by atoms with Crippen molar-refractivity contribution in [2.45, 2.75) is 25.9 Å². The molecule has 1 fully saturated rings. The molecule has 4 heterocycles. The van der Waals surface area contributed by atoms with Crippen LogP contribution in [0.1, 0.15) is 18.5 Å². The largest absolute Gasteiger partial charge is 0.297 e. The van der Waals surface area contributed by atoms with E-state index in [0.29, 0.717) is 5.92 Å². The molecule has 23 heavy (non-hydrogen) atoms. The minimum Gasteiger partial charge on any atom is -0.297 e. The van der Waals surface area contributed by atoms with Crippen LogP contribution >= 0.6 is 22.7 Å². The molecule has 0 amide bonds. The second-order valence-corrected chi connectivity index (χ2v) is 7.79. The zero-order valence-electron chi connectivity index (χ0n) is 12.8. The lowest BCUT2D eigenvalue weighted by Crippen LogP contribution is -2.36. The van der Waals surface area contributed by atoms with E-state index < -0.39 is 0 Å². The molecule has 3 aromatic rings. The molecule has 5 nitrogen and oxygen atoms in total. The summed E-state index contributed by atoms with van der Waals surface area (Å²) in [5, 5.41) is 9.68. The van der Waals surface area contributed by atoms with Gasteiger partial charge >= 0.3 is 0 Å². The second-order valence-electron chi connectivity index (χ2n) is 5.98. The van der Waals surface area contributed by atoms with Crippen LogP contribution in [0.25, 0.3) is 9.88 Å². The number of likely N-dealkylation sites (tertiary alicyclic amines) is 1. The van der Waals surface area contributed by atoms with E-state index in [9.17, 15) is 0 Å². The molecule has 7 heteroatoms. The quantitative estimate of drug-likeness (QED) is 0.711. The normalized spacial score (nSPS) is 19.2. The SMILES string of the molecule is c1csc(-c2nc(CN3CCCC(Cn4cncn4)C3)cs2)c1. The van der Waals surface area contributed by atoms with Gasteiger partial charge in [-0.3, -0.25) is 9.58 Å². The van der Waals surface area contributed by atoms with Gasteiger partial charge in [0.2, 0.25) is 0 Å².